The Hall–Kier alpha value is -2.00. The van der Waals surface area contributed by atoms with Gasteiger partial charge in [-0.1, -0.05) is 76.8 Å². The monoisotopic (exact) mass is 458 g/mol. The Morgan fingerprint density at radius 2 is 1.97 bits per heavy atom. The summed E-state index contributed by atoms with van der Waals surface area (Å²) in [5, 5.41) is 14.7. The maximum Gasteiger partial charge on any atom is 0.126 e. The molecule has 1 rings (SSSR count). The second-order valence-corrected chi connectivity index (χ2v) is 9.09. The van der Waals surface area contributed by atoms with E-state index >= 15 is 0 Å². The number of phenols is 1. The lowest BCUT2D eigenvalue weighted by Crippen LogP contribution is -2.29. The van der Waals surface area contributed by atoms with Crippen LogP contribution < -0.4 is 5.32 Å². The summed E-state index contributed by atoms with van der Waals surface area (Å²) in [6.07, 6.45) is 15.4. The van der Waals surface area contributed by atoms with Crippen LogP contribution in [0, 0.1) is 5.92 Å². The van der Waals surface area contributed by atoms with E-state index in [1.807, 2.05) is 25.1 Å². The normalized spacial score (nSPS) is 15.3. The number of benzene rings is 1. The first-order valence-corrected chi connectivity index (χ1v) is 12.5. The van der Waals surface area contributed by atoms with Gasteiger partial charge in [0.15, 0.2) is 0 Å². The molecule has 0 fully saturated rings. The summed E-state index contributed by atoms with van der Waals surface area (Å²) in [5.41, 5.74) is 3.64. The zero-order valence-electron chi connectivity index (χ0n) is 20.9. The number of halogens is 1. The van der Waals surface area contributed by atoms with Crippen LogP contribution in [0.2, 0.25) is 5.02 Å². The largest absolute Gasteiger partial charge is 0.507 e. The SMILES string of the molecule is CC/C=C\C=C(/C)C(=NC/C=C(\C)NC(CCCC)CC(C)CC)c1ccc(Cl)cc1O. The summed E-state index contributed by atoms with van der Waals surface area (Å²) in [5.74, 6) is 0.870. The molecule has 0 aliphatic rings. The van der Waals surface area contributed by atoms with Crippen molar-refractivity contribution in [2.75, 3.05) is 6.54 Å². The average Bonchev–Trinajstić information content (AvgIpc) is 2.75. The fourth-order valence-corrected chi connectivity index (χ4v) is 3.73. The molecule has 2 atom stereocenters. The number of aliphatic imine (C=N–C) groups is 1. The molecule has 1 aromatic carbocycles. The molecule has 0 radical (unpaired) electrons. The van der Waals surface area contributed by atoms with Gasteiger partial charge in [-0.2, -0.15) is 0 Å². The van der Waals surface area contributed by atoms with E-state index in [-0.39, 0.29) is 5.75 Å². The molecule has 0 saturated carbocycles. The number of hydrogen-bond donors (Lipinski definition) is 2. The third-order valence-electron chi connectivity index (χ3n) is 5.68. The number of phenolic OH excluding ortho intramolecular Hbond substituents is 1. The van der Waals surface area contributed by atoms with Crippen LogP contribution in [0.1, 0.15) is 85.6 Å². The van der Waals surface area contributed by atoms with E-state index in [0.717, 1.165) is 29.3 Å². The van der Waals surface area contributed by atoms with Crippen LogP contribution in [0.4, 0.5) is 0 Å². The molecule has 0 amide bonds. The maximum atomic E-state index is 10.5. The third-order valence-corrected chi connectivity index (χ3v) is 5.91. The lowest BCUT2D eigenvalue weighted by atomic mass is 9.95. The van der Waals surface area contributed by atoms with Gasteiger partial charge < -0.3 is 10.4 Å². The number of nitrogens with one attached hydrogen (secondary N) is 1. The smallest absolute Gasteiger partial charge is 0.126 e. The predicted molar refractivity (Wildman–Crippen MR) is 142 cm³/mol. The summed E-state index contributed by atoms with van der Waals surface area (Å²) in [7, 11) is 0. The molecule has 0 saturated heterocycles. The predicted octanol–water partition coefficient (Wildman–Crippen LogP) is 8.24. The van der Waals surface area contributed by atoms with Crippen molar-refractivity contribution in [3.8, 4) is 5.75 Å². The number of aromatic hydroxyl groups is 1. The molecule has 3 nitrogen and oxygen atoms in total. The minimum atomic E-state index is 0.149. The van der Waals surface area contributed by atoms with Crippen LogP contribution in [0.3, 0.4) is 0 Å². The van der Waals surface area contributed by atoms with Crippen molar-refractivity contribution in [1.82, 2.24) is 5.32 Å². The van der Waals surface area contributed by atoms with E-state index in [1.54, 1.807) is 12.1 Å². The molecule has 0 aliphatic carbocycles. The van der Waals surface area contributed by atoms with Gasteiger partial charge in [-0.25, -0.2) is 0 Å². The first-order valence-electron chi connectivity index (χ1n) is 12.1. The summed E-state index contributed by atoms with van der Waals surface area (Å²) >= 11 is 6.04. The number of nitrogens with zero attached hydrogens (tertiary/aromatic N) is 1. The van der Waals surface area contributed by atoms with E-state index in [2.05, 4.69) is 52.1 Å². The Labute approximate surface area is 201 Å². The molecule has 0 aromatic heterocycles. The Bertz CT molecular complexity index is 808. The second-order valence-electron chi connectivity index (χ2n) is 8.66. The molecule has 4 heteroatoms. The van der Waals surface area contributed by atoms with Gasteiger partial charge in [-0.05, 0) is 68.9 Å². The quantitative estimate of drug-likeness (QED) is 0.218. The van der Waals surface area contributed by atoms with Crippen molar-refractivity contribution < 1.29 is 5.11 Å². The van der Waals surface area contributed by atoms with Gasteiger partial charge in [0, 0.05) is 22.3 Å². The van der Waals surface area contributed by atoms with Gasteiger partial charge in [0.25, 0.3) is 0 Å². The minimum absolute atomic E-state index is 0.149. The first kappa shape index (κ1) is 28.0. The summed E-state index contributed by atoms with van der Waals surface area (Å²) in [6.45, 7) is 13.6. The van der Waals surface area contributed by atoms with E-state index in [9.17, 15) is 5.11 Å². The third kappa shape index (κ3) is 10.5. The average molecular weight is 459 g/mol. The van der Waals surface area contributed by atoms with Gasteiger partial charge in [0.05, 0.1) is 12.3 Å². The van der Waals surface area contributed by atoms with Crippen molar-refractivity contribution in [1.29, 1.82) is 0 Å². The summed E-state index contributed by atoms with van der Waals surface area (Å²) in [6, 6.07) is 5.69. The maximum absolute atomic E-state index is 10.5. The highest BCUT2D eigenvalue weighted by molar-refractivity contribution is 6.31. The molecule has 0 heterocycles. The van der Waals surface area contributed by atoms with E-state index in [4.69, 9.17) is 16.6 Å². The molecular formula is C28H43ClN2O. The van der Waals surface area contributed by atoms with E-state index < -0.39 is 0 Å². The topological polar surface area (TPSA) is 44.6 Å². The van der Waals surface area contributed by atoms with Crippen molar-refractivity contribution >= 4 is 17.3 Å². The molecular weight excluding hydrogens is 416 g/mol. The Morgan fingerprint density at radius 3 is 2.59 bits per heavy atom. The molecule has 178 valence electrons. The Kier molecular flexibility index (Phi) is 13.8. The lowest BCUT2D eigenvalue weighted by Gasteiger charge is -2.23. The van der Waals surface area contributed by atoms with Gasteiger partial charge in [-0.3, -0.25) is 4.99 Å². The summed E-state index contributed by atoms with van der Waals surface area (Å²) < 4.78 is 0. The Balaban J connectivity index is 3.06. The van der Waals surface area contributed by atoms with Crippen molar-refractivity contribution in [2.24, 2.45) is 10.9 Å². The van der Waals surface area contributed by atoms with Crippen LogP contribution in [-0.4, -0.2) is 23.4 Å². The molecule has 0 spiro atoms. The van der Waals surface area contributed by atoms with Crippen LogP contribution in [-0.2, 0) is 0 Å². The van der Waals surface area contributed by atoms with Gasteiger partial charge in [-0.15, -0.1) is 0 Å². The van der Waals surface area contributed by atoms with Crippen LogP contribution in [0.25, 0.3) is 0 Å². The van der Waals surface area contributed by atoms with Gasteiger partial charge >= 0.3 is 0 Å². The molecule has 32 heavy (non-hydrogen) atoms. The lowest BCUT2D eigenvalue weighted by molar-refractivity contribution is 0.389. The van der Waals surface area contributed by atoms with Gasteiger partial charge in [0.1, 0.15) is 5.75 Å². The van der Waals surface area contributed by atoms with Crippen molar-refractivity contribution in [3.05, 3.63) is 64.4 Å². The fraction of sp³-hybridized carbons (Fsp3) is 0.536. The Morgan fingerprint density at radius 1 is 1.22 bits per heavy atom. The second kappa shape index (κ2) is 15.7. The zero-order chi connectivity index (χ0) is 23.9. The fourth-order valence-electron chi connectivity index (χ4n) is 3.56. The highest BCUT2D eigenvalue weighted by atomic mass is 35.5. The number of rotatable bonds is 14. The molecule has 0 bridgehead atoms. The molecule has 2 unspecified atom stereocenters. The highest BCUT2D eigenvalue weighted by Crippen LogP contribution is 2.25. The summed E-state index contributed by atoms with van der Waals surface area (Å²) in [4.78, 5) is 4.84. The molecule has 0 aliphatic heterocycles. The standard InChI is InChI=1S/C28H43ClN2O/c1-7-10-12-13-22(5)28(26-16-15-24(29)20-27(26)32)30-18-17-23(6)31-25(14-11-8-2)19-21(4)9-3/h10,12-13,15-17,20-21,25,31-32H,7-9,11,14,18-19H2,1-6H3/b12-10-,22-13+,23-17+,30-28?. The highest BCUT2D eigenvalue weighted by Gasteiger charge is 2.13. The number of hydrogen-bond acceptors (Lipinski definition) is 3. The van der Waals surface area contributed by atoms with Crippen LogP contribution in [0.15, 0.2) is 58.8 Å². The zero-order valence-corrected chi connectivity index (χ0v) is 21.7. The number of allylic oxidation sites excluding steroid dienone is 5. The van der Waals surface area contributed by atoms with E-state index in [0.29, 0.717) is 23.2 Å². The van der Waals surface area contributed by atoms with Crippen LogP contribution in [0.5, 0.6) is 5.75 Å². The van der Waals surface area contributed by atoms with Crippen molar-refractivity contribution in [3.63, 3.8) is 0 Å². The molecule has 2 N–H and O–H groups in total. The number of unbranched alkanes of at least 4 members (excludes halogenated alkanes) is 1. The van der Waals surface area contributed by atoms with Crippen LogP contribution >= 0.6 is 11.6 Å². The van der Waals surface area contributed by atoms with E-state index in [1.165, 1.54) is 32.1 Å². The minimum Gasteiger partial charge on any atom is -0.507 e. The molecule has 1 aromatic rings. The first-order chi connectivity index (χ1) is 15.3. The van der Waals surface area contributed by atoms with Crippen molar-refractivity contribution in [2.45, 2.75) is 86.1 Å². The van der Waals surface area contributed by atoms with Gasteiger partial charge in [0.2, 0.25) is 0 Å².